The molecule has 0 N–H and O–H groups in total. The van der Waals surface area contributed by atoms with E-state index in [1.165, 1.54) is 31.2 Å². The van der Waals surface area contributed by atoms with Gasteiger partial charge in [-0.15, -0.1) is 0 Å². The van der Waals surface area contributed by atoms with Crippen LogP contribution in [0.3, 0.4) is 0 Å². The molecule has 0 aliphatic carbocycles. The van der Waals surface area contributed by atoms with Crippen LogP contribution in [0.2, 0.25) is 0 Å². The molecule has 1 fully saturated rings. The summed E-state index contributed by atoms with van der Waals surface area (Å²) >= 11 is 0. The molecular formula is C13H18N2. The van der Waals surface area contributed by atoms with E-state index in [4.69, 9.17) is 0 Å². The molecule has 0 bridgehead atoms. The van der Waals surface area contributed by atoms with E-state index in [9.17, 15) is 0 Å². The molecule has 0 unspecified atom stereocenters. The van der Waals surface area contributed by atoms with Crippen molar-refractivity contribution >= 4 is 6.21 Å². The summed E-state index contributed by atoms with van der Waals surface area (Å²) in [5.74, 6) is 0. The lowest BCUT2D eigenvalue weighted by Crippen LogP contribution is -2.18. The second-order valence-corrected chi connectivity index (χ2v) is 4.02. The van der Waals surface area contributed by atoms with Gasteiger partial charge in [0.15, 0.2) is 0 Å². The molecule has 1 aromatic rings. The maximum Gasteiger partial charge on any atom is 0.0542 e. The Hall–Kier alpha value is -1.31. The van der Waals surface area contributed by atoms with Gasteiger partial charge in [0.25, 0.3) is 0 Å². The summed E-state index contributed by atoms with van der Waals surface area (Å²) in [5, 5.41) is 6.72. The molecule has 1 aromatic carbocycles. The van der Waals surface area contributed by atoms with Crippen molar-refractivity contribution in [1.82, 2.24) is 5.01 Å². The third-order valence-electron chi connectivity index (χ3n) is 2.75. The van der Waals surface area contributed by atoms with Crippen molar-refractivity contribution in [1.29, 1.82) is 0 Å². The van der Waals surface area contributed by atoms with Crippen molar-refractivity contribution in [2.75, 3.05) is 13.1 Å². The average Bonchev–Trinajstić information content (AvgIpc) is 2.56. The molecule has 1 heterocycles. The van der Waals surface area contributed by atoms with Gasteiger partial charge in [-0.25, -0.2) is 0 Å². The zero-order valence-electron chi connectivity index (χ0n) is 9.10. The first-order chi connectivity index (χ1) is 7.45. The van der Waals surface area contributed by atoms with E-state index in [0.29, 0.717) is 0 Å². The van der Waals surface area contributed by atoms with Crippen molar-refractivity contribution in [2.45, 2.75) is 25.7 Å². The molecule has 0 aromatic heterocycles. The topological polar surface area (TPSA) is 15.6 Å². The van der Waals surface area contributed by atoms with Gasteiger partial charge in [0.1, 0.15) is 0 Å². The van der Waals surface area contributed by atoms with Crippen LogP contribution in [0.25, 0.3) is 0 Å². The highest BCUT2D eigenvalue weighted by Crippen LogP contribution is 2.09. The largest absolute Gasteiger partial charge is 0.297 e. The number of benzene rings is 1. The van der Waals surface area contributed by atoms with Crippen LogP contribution in [-0.4, -0.2) is 24.3 Å². The highest BCUT2D eigenvalue weighted by molar-refractivity contribution is 5.79. The Morgan fingerprint density at radius 2 is 1.60 bits per heavy atom. The fourth-order valence-corrected chi connectivity index (χ4v) is 1.86. The molecule has 1 aliphatic heterocycles. The quantitative estimate of drug-likeness (QED) is 0.673. The van der Waals surface area contributed by atoms with Crippen molar-refractivity contribution in [3.63, 3.8) is 0 Å². The molecule has 2 rings (SSSR count). The van der Waals surface area contributed by atoms with E-state index >= 15 is 0 Å². The first kappa shape index (κ1) is 10.2. The minimum absolute atomic E-state index is 1.11. The van der Waals surface area contributed by atoms with E-state index < -0.39 is 0 Å². The monoisotopic (exact) mass is 202 g/mol. The zero-order valence-corrected chi connectivity index (χ0v) is 9.10. The summed E-state index contributed by atoms with van der Waals surface area (Å²) < 4.78 is 0. The minimum atomic E-state index is 1.11. The van der Waals surface area contributed by atoms with E-state index in [-0.39, 0.29) is 0 Å². The van der Waals surface area contributed by atoms with Gasteiger partial charge < -0.3 is 0 Å². The van der Waals surface area contributed by atoms with Crippen LogP contribution in [-0.2, 0) is 0 Å². The van der Waals surface area contributed by atoms with Crippen molar-refractivity contribution < 1.29 is 0 Å². The second-order valence-electron chi connectivity index (χ2n) is 4.02. The van der Waals surface area contributed by atoms with Crippen molar-refractivity contribution in [3.05, 3.63) is 35.9 Å². The summed E-state index contributed by atoms with van der Waals surface area (Å²) in [4.78, 5) is 0. The lowest BCUT2D eigenvalue weighted by atomic mass is 10.2. The summed E-state index contributed by atoms with van der Waals surface area (Å²) in [6.45, 7) is 2.23. The van der Waals surface area contributed by atoms with Gasteiger partial charge in [-0.05, 0) is 18.4 Å². The Labute approximate surface area is 91.6 Å². The Bertz CT molecular complexity index is 298. The first-order valence-corrected chi connectivity index (χ1v) is 5.79. The van der Waals surface area contributed by atoms with E-state index in [0.717, 1.165) is 13.1 Å². The Kier molecular flexibility index (Phi) is 3.77. The summed E-state index contributed by atoms with van der Waals surface area (Å²) in [6, 6.07) is 10.3. The normalized spacial score (nSPS) is 18.0. The Balaban J connectivity index is 1.92. The second kappa shape index (κ2) is 5.54. The van der Waals surface area contributed by atoms with E-state index in [1.807, 2.05) is 24.4 Å². The average molecular weight is 202 g/mol. The van der Waals surface area contributed by atoms with Gasteiger partial charge >= 0.3 is 0 Å². The van der Waals surface area contributed by atoms with Crippen molar-refractivity contribution in [2.24, 2.45) is 5.10 Å². The molecule has 80 valence electrons. The molecule has 1 saturated heterocycles. The maximum absolute atomic E-state index is 4.52. The van der Waals surface area contributed by atoms with Gasteiger partial charge in [-0.2, -0.15) is 5.10 Å². The van der Waals surface area contributed by atoms with Crippen LogP contribution >= 0.6 is 0 Å². The van der Waals surface area contributed by atoms with Gasteiger partial charge in [-0.3, -0.25) is 5.01 Å². The standard InChI is InChI=1S/C13H18N2/c1-2-7-11-15(10-6-1)14-12-13-8-4-3-5-9-13/h3-5,8-9,12H,1-2,6-7,10-11H2/b14-12-. The Morgan fingerprint density at radius 1 is 0.933 bits per heavy atom. The zero-order chi connectivity index (χ0) is 10.3. The number of rotatable bonds is 2. The predicted molar refractivity (Wildman–Crippen MR) is 64.1 cm³/mol. The smallest absolute Gasteiger partial charge is 0.0542 e. The molecule has 2 nitrogen and oxygen atoms in total. The molecule has 0 saturated carbocycles. The molecule has 0 atom stereocenters. The molecule has 0 radical (unpaired) electrons. The van der Waals surface area contributed by atoms with Gasteiger partial charge in [0.2, 0.25) is 0 Å². The van der Waals surface area contributed by atoms with Crippen LogP contribution in [0.4, 0.5) is 0 Å². The molecule has 15 heavy (non-hydrogen) atoms. The van der Waals surface area contributed by atoms with Crippen LogP contribution in [0, 0.1) is 0 Å². The number of hydrogen-bond acceptors (Lipinski definition) is 2. The SMILES string of the molecule is C(=N/N1CCCCCC1)/c1ccccc1. The van der Waals surface area contributed by atoms with Crippen LogP contribution in [0.1, 0.15) is 31.2 Å². The third kappa shape index (κ3) is 3.39. The Morgan fingerprint density at radius 3 is 2.27 bits per heavy atom. The van der Waals surface area contributed by atoms with E-state index in [1.54, 1.807) is 0 Å². The molecular weight excluding hydrogens is 184 g/mol. The third-order valence-corrected chi connectivity index (χ3v) is 2.75. The summed E-state index contributed by atoms with van der Waals surface area (Å²) in [7, 11) is 0. The van der Waals surface area contributed by atoms with Crippen LogP contribution in [0.5, 0.6) is 0 Å². The predicted octanol–water partition coefficient (Wildman–Crippen LogP) is 2.90. The minimum Gasteiger partial charge on any atom is -0.297 e. The van der Waals surface area contributed by atoms with Gasteiger partial charge in [-0.1, -0.05) is 43.2 Å². The number of hydrogen-bond donors (Lipinski definition) is 0. The molecule has 0 amide bonds. The first-order valence-electron chi connectivity index (χ1n) is 5.79. The van der Waals surface area contributed by atoms with Crippen molar-refractivity contribution in [3.8, 4) is 0 Å². The van der Waals surface area contributed by atoms with Gasteiger partial charge in [0, 0.05) is 13.1 Å². The molecule has 2 heteroatoms. The molecule has 0 spiro atoms. The highest BCUT2D eigenvalue weighted by Gasteiger charge is 2.04. The summed E-state index contributed by atoms with van der Waals surface area (Å²) in [6.07, 6.45) is 7.25. The number of nitrogens with zero attached hydrogens (tertiary/aromatic N) is 2. The van der Waals surface area contributed by atoms with Crippen LogP contribution < -0.4 is 0 Å². The lowest BCUT2D eigenvalue weighted by molar-refractivity contribution is 0.302. The maximum atomic E-state index is 4.52. The highest BCUT2D eigenvalue weighted by atomic mass is 15.4. The van der Waals surface area contributed by atoms with Gasteiger partial charge in [0.05, 0.1) is 6.21 Å². The van der Waals surface area contributed by atoms with E-state index in [2.05, 4.69) is 22.2 Å². The van der Waals surface area contributed by atoms with Crippen LogP contribution in [0.15, 0.2) is 35.4 Å². The number of hydrazone groups is 1. The summed E-state index contributed by atoms with van der Waals surface area (Å²) in [5.41, 5.74) is 1.18. The molecule has 1 aliphatic rings. The fourth-order valence-electron chi connectivity index (χ4n) is 1.86. The fraction of sp³-hybridized carbons (Fsp3) is 0.462. The lowest BCUT2D eigenvalue weighted by Gasteiger charge is -2.15.